The Morgan fingerprint density at radius 1 is 0.972 bits per heavy atom. The van der Waals surface area contributed by atoms with Gasteiger partial charge in [0.15, 0.2) is 11.5 Å². The smallest absolute Gasteiger partial charge is 0.228 e. The Hall–Kier alpha value is -3.88. The van der Waals surface area contributed by atoms with E-state index in [9.17, 15) is 14.0 Å². The zero-order chi connectivity index (χ0) is 25.6. The quantitative estimate of drug-likeness (QED) is 0.473. The van der Waals surface area contributed by atoms with Gasteiger partial charge in [0.25, 0.3) is 0 Å². The second kappa shape index (κ2) is 8.96. The summed E-state index contributed by atoms with van der Waals surface area (Å²) in [6.07, 6.45) is 3.54. The van der Waals surface area contributed by atoms with Crippen molar-refractivity contribution < 1.29 is 28.2 Å². The molecule has 2 atom stereocenters. The van der Waals surface area contributed by atoms with Gasteiger partial charge in [0.1, 0.15) is 17.3 Å². The van der Waals surface area contributed by atoms with Gasteiger partial charge in [-0.25, -0.2) is 4.39 Å². The summed E-state index contributed by atoms with van der Waals surface area (Å²) in [5.41, 5.74) is 0.179. The van der Waals surface area contributed by atoms with Gasteiger partial charge in [-0.3, -0.25) is 14.6 Å². The number of anilines is 1. The summed E-state index contributed by atoms with van der Waals surface area (Å²) < 4.78 is 31.6. The molecule has 2 amide bonds. The molecule has 0 unspecified atom stereocenters. The Kier molecular flexibility index (Phi) is 5.94. The first-order chi connectivity index (χ1) is 17.2. The number of hydrogen-bond donors (Lipinski definition) is 2. The topological polar surface area (TPSA) is 98.8 Å². The molecule has 188 valence electrons. The molecule has 0 aliphatic heterocycles. The molecule has 1 heterocycles. The molecule has 2 fully saturated rings. The Morgan fingerprint density at radius 2 is 1.67 bits per heavy atom. The van der Waals surface area contributed by atoms with Crippen molar-refractivity contribution in [2.24, 2.45) is 17.3 Å². The number of hydrogen-bond acceptors (Lipinski definition) is 6. The van der Waals surface area contributed by atoms with Crippen molar-refractivity contribution in [2.75, 3.05) is 19.5 Å². The highest BCUT2D eigenvalue weighted by Gasteiger charge is 2.65. The van der Waals surface area contributed by atoms with Crippen LogP contribution in [0, 0.1) is 23.1 Å². The van der Waals surface area contributed by atoms with Gasteiger partial charge in [-0.15, -0.1) is 0 Å². The van der Waals surface area contributed by atoms with Crippen molar-refractivity contribution in [3.8, 4) is 23.0 Å². The monoisotopic (exact) mass is 493 g/mol. The van der Waals surface area contributed by atoms with Gasteiger partial charge in [0.05, 0.1) is 37.3 Å². The molecule has 2 aromatic carbocycles. The van der Waals surface area contributed by atoms with Gasteiger partial charge in [-0.05, 0) is 42.5 Å². The van der Waals surface area contributed by atoms with Crippen LogP contribution in [0.5, 0.6) is 23.0 Å². The summed E-state index contributed by atoms with van der Waals surface area (Å²) in [5, 5.41) is 6.27. The maximum absolute atomic E-state index is 14.9. The van der Waals surface area contributed by atoms with Crippen molar-refractivity contribution >= 4 is 28.4 Å². The van der Waals surface area contributed by atoms with Crippen LogP contribution in [0.4, 0.5) is 10.1 Å². The van der Waals surface area contributed by atoms with Crippen LogP contribution in [-0.4, -0.2) is 37.1 Å². The molecule has 2 saturated carbocycles. The fourth-order valence-corrected chi connectivity index (χ4v) is 4.67. The number of carbonyl (C=O) groups excluding carboxylic acids is 2. The van der Waals surface area contributed by atoms with E-state index < -0.39 is 23.1 Å². The number of ether oxygens (including phenoxy) is 3. The first-order valence-electron chi connectivity index (χ1n) is 11.8. The second-order valence-corrected chi connectivity index (χ2v) is 9.83. The molecule has 1 aromatic heterocycles. The van der Waals surface area contributed by atoms with E-state index in [-0.39, 0.29) is 29.3 Å². The standard InChI is InChI=1S/C27H28FN3O5/c1-27(2)23(25(32)30-14-5-6-14)24(27)26(33)31-18-8-7-15(11-17(18)28)36-20-9-10-29-19-13-22(35-4)21(34-3)12-16(19)20/h7-14,23-24H,5-6H2,1-4H3,(H,30,32)(H,31,33)/t23-,24+/m0/s1. The fraction of sp³-hybridized carbons (Fsp3) is 0.370. The van der Waals surface area contributed by atoms with Crippen LogP contribution in [0.1, 0.15) is 26.7 Å². The molecule has 3 aromatic rings. The minimum atomic E-state index is -0.643. The van der Waals surface area contributed by atoms with Crippen molar-refractivity contribution in [3.63, 3.8) is 0 Å². The third-order valence-electron chi connectivity index (χ3n) is 6.95. The van der Waals surface area contributed by atoms with Gasteiger partial charge in [-0.1, -0.05) is 13.8 Å². The van der Waals surface area contributed by atoms with E-state index in [2.05, 4.69) is 15.6 Å². The molecule has 2 aliphatic rings. The van der Waals surface area contributed by atoms with E-state index in [0.717, 1.165) is 12.8 Å². The van der Waals surface area contributed by atoms with E-state index in [1.165, 1.54) is 19.2 Å². The Bertz CT molecular complexity index is 1350. The van der Waals surface area contributed by atoms with E-state index in [0.29, 0.717) is 28.2 Å². The molecular formula is C27H28FN3O5. The second-order valence-electron chi connectivity index (χ2n) is 9.83. The van der Waals surface area contributed by atoms with E-state index in [1.807, 2.05) is 13.8 Å². The van der Waals surface area contributed by atoms with Crippen molar-refractivity contribution in [2.45, 2.75) is 32.7 Å². The lowest BCUT2D eigenvalue weighted by Gasteiger charge is -2.13. The number of aromatic nitrogens is 1. The predicted molar refractivity (Wildman–Crippen MR) is 132 cm³/mol. The number of nitrogens with one attached hydrogen (secondary N) is 2. The molecule has 0 spiro atoms. The highest BCUT2D eigenvalue weighted by atomic mass is 19.1. The lowest BCUT2D eigenvalue weighted by Crippen LogP contribution is -2.29. The molecule has 2 aliphatic carbocycles. The summed E-state index contributed by atoms with van der Waals surface area (Å²) in [5.74, 6) is -0.291. The van der Waals surface area contributed by atoms with Crippen LogP contribution in [0.15, 0.2) is 42.6 Å². The summed E-state index contributed by atoms with van der Waals surface area (Å²) in [6, 6.07) is 9.60. The van der Waals surface area contributed by atoms with E-state index >= 15 is 0 Å². The highest BCUT2D eigenvalue weighted by Crippen LogP contribution is 2.59. The summed E-state index contributed by atoms with van der Waals surface area (Å²) in [6.45, 7) is 3.76. The van der Waals surface area contributed by atoms with Gasteiger partial charge >= 0.3 is 0 Å². The van der Waals surface area contributed by atoms with Crippen LogP contribution in [-0.2, 0) is 9.59 Å². The zero-order valence-electron chi connectivity index (χ0n) is 20.6. The molecular weight excluding hydrogens is 465 g/mol. The number of rotatable bonds is 8. The number of benzene rings is 2. The van der Waals surface area contributed by atoms with Crippen LogP contribution in [0.25, 0.3) is 10.9 Å². The van der Waals surface area contributed by atoms with E-state index in [1.54, 1.807) is 37.6 Å². The number of nitrogens with zero attached hydrogens (tertiary/aromatic N) is 1. The minimum absolute atomic E-state index is 0.0300. The number of halogens is 1. The number of amides is 2. The minimum Gasteiger partial charge on any atom is -0.493 e. The molecule has 0 radical (unpaired) electrons. The summed E-state index contributed by atoms with van der Waals surface area (Å²) >= 11 is 0. The molecule has 0 bridgehead atoms. The highest BCUT2D eigenvalue weighted by molar-refractivity contribution is 6.01. The van der Waals surface area contributed by atoms with Gasteiger partial charge in [0.2, 0.25) is 11.8 Å². The molecule has 9 heteroatoms. The summed E-state index contributed by atoms with van der Waals surface area (Å²) in [4.78, 5) is 29.7. The number of fused-ring (bicyclic) bond motifs is 1. The number of carbonyl (C=O) groups is 2. The molecule has 2 N–H and O–H groups in total. The first kappa shape index (κ1) is 23.8. The maximum Gasteiger partial charge on any atom is 0.228 e. The zero-order valence-corrected chi connectivity index (χ0v) is 20.6. The van der Waals surface area contributed by atoms with Crippen molar-refractivity contribution in [3.05, 3.63) is 48.4 Å². The van der Waals surface area contributed by atoms with Crippen LogP contribution in [0.3, 0.4) is 0 Å². The predicted octanol–water partition coefficient (Wildman–Crippen LogP) is 4.67. The first-order valence-corrected chi connectivity index (χ1v) is 11.8. The SMILES string of the molecule is COc1cc2nccc(Oc3ccc(NC(=O)[C@H]4[C@@H](C(=O)NC5CC5)C4(C)C)c(F)c3)c2cc1OC. The molecule has 8 nitrogen and oxygen atoms in total. The number of methoxy groups -OCH3 is 2. The van der Waals surface area contributed by atoms with Gasteiger partial charge in [0, 0.05) is 29.8 Å². The third kappa shape index (κ3) is 4.41. The van der Waals surface area contributed by atoms with Crippen LogP contribution < -0.4 is 24.8 Å². The normalized spacial score (nSPS) is 19.9. The summed E-state index contributed by atoms with van der Waals surface area (Å²) in [7, 11) is 3.08. The lowest BCUT2D eigenvalue weighted by atomic mass is 10.1. The Morgan fingerprint density at radius 3 is 2.33 bits per heavy atom. The lowest BCUT2D eigenvalue weighted by molar-refractivity contribution is -0.125. The van der Waals surface area contributed by atoms with E-state index in [4.69, 9.17) is 14.2 Å². The average molecular weight is 494 g/mol. The third-order valence-corrected chi connectivity index (χ3v) is 6.95. The number of pyridine rings is 1. The van der Waals surface area contributed by atoms with Crippen molar-refractivity contribution in [1.82, 2.24) is 10.3 Å². The van der Waals surface area contributed by atoms with Crippen LogP contribution in [0.2, 0.25) is 0 Å². The largest absolute Gasteiger partial charge is 0.493 e. The van der Waals surface area contributed by atoms with Gasteiger partial charge in [-0.2, -0.15) is 0 Å². The maximum atomic E-state index is 14.9. The Balaban J connectivity index is 1.31. The molecule has 36 heavy (non-hydrogen) atoms. The molecule has 5 rings (SSSR count). The van der Waals surface area contributed by atoms with Crippen LogP contribution >= 0.6 is 0 Å². The average Bonchev–Trinajstić information content (AvgIpc) is 3.76. The Labute approximate surface area is 208 Å². The molecule has 0 saturated heterocycles. The fourth-order valence-electron chi connectivity index (χ4n) is 4.67. The van der Waals surface area contributed by atoms with Crippen molar-refractivity contribution in [1.29, 1.82) is 0 Å². The van der Waals surface area contributed by atoms with Gasteiger partial charge < -0.3 is 24.8 Å².